The van der Waals surface area contributed by atoms with Crippen LogP contribution in [0.4, 0.5) is 18.9 Å². The summed E-state index contributed by atoms with van der Waals surface area (Å²) in [6.07, 6.45) is -4.90. The topological polar surface area (TPSA) is 62.9 Å². The van der Waals surface area contributed by atoms with Crippen LogP contribution in [0.25, 0.3) is 0 Å². The normalized spacial score (nSPS) is 17.4. The number of rotatable bonds is 2. The van der Waals surface area contributed by atoms with Crippen LogP contribution in [0.3, 0.4) is 0 Å². The van der Waals surface area contributed by atoms with Gasteiger partial charge in [-0.05, 0) is 24.3 Å². The van der Waals surface area contributed by atoms with Crippen LogP contribution in [0.1, 0.15) is 0 Å². The molecule has 0 radical (unpaired) electrons. The first-order chi connectivity index (χ1) is 13.6. The van der Waals surface area contributed by atoms with Crippen molar-refractivity contribution in [2.45, 2.75) is 15.9 Å². The summed E-state index contributed by atoms with van der Waals surface area (Å²) in [4.78, 5) is 2.04. The lowest BCUT2D eigenvalue weighted by molar-refractivity contribution is -0.652. The summed E-state index contributed by atoms with van der Waals surface area (Å²) < 4.78 is 60.1. The maximum absolute atomic E-state index is 13.8. The van der Waals surface area contributed by atoms with E-state index in [1.165, 1.54) is 30.3 Å². The van der Waals surface area contributed by atoms with Crippen LogP contribution in [0.2, 0.25) is 0 Å². The Bertz CT molecular complexity index is 954. The number of nitrogens with one attached hydrogen (secondary N) is 2. The molecule has 154 valence electrons. The molecule has 0 spiro atoms. The van der Waals surface area contributed by atoms with Gasteiger partial charge in [-0.15, -0.1) is 0 Å². The zero-order valence-electron chi connectivity index (χ0n) is 14.1. The van der Waals surface area contributed by atoms with Crippen molar-refractivity contribution >= 4 is 46.3 Å². The van der Waals surface area contributed by atoms with Gasteiger partial charge in [0.1, 0.15) is 5.69 Å². The lowest BCUT2D eigenvalue weighted by Crippen LogP contribution is -2.97. The molecule has 0 aliphatic carbocycles. The van der Waals surface area contributed by atoms with E-state index in [2.05, 4.69) is 5.32 Å². The second-order valence-electron chi connectivity index (χ2n) is 5.96. The number of hydrogen-bond donors (Lipinski definition) is 2. The van der Waals surface area contributed by atoms with Gasteiger partial charge in [0, 0.05) is 6.07 Å². The van der Waals surface area contributed by atoms with Crippen molar-refractivity contribution in [2.24, 2.45) is 0 Å². The van der Waals surface area contributed by atoms with E-state index >= 15 is 0 Å². The Hall–Kier alpha value is -2.23. The Balaban J connectivity index is 1.73. The summed E-state index contributed by atoms with van der Waals surface area (Å²) in [6.45, 7) is -0.0246. The second-order valence-corrected chi connectivity index (χ2v) is 8.24. The van der Waals surface area contributed by atoms with Gasteiger partial charge in [-0.2, -0.15) is 18.2 Å². The first kappa shape index (κ1) is 20.1. The smallest absolute Gasteiger partial charge is 0.454 e. The molecule has 2 aromatic carbocycles. The molecule has 6 nitrogen and oxygen atoms in total. The van der Waals surface area contributed by atoms with Gasteiger partial charge in [-0.3, -0.25) is 0 Å². The van der Waals surface area contributed by atoms with Gasteiger partial charge < -0.3 is 18.9 Å². The molecular weight excluding hydrogens is 460 g/mol. The van der Waals surface area contributed by atoms with Crippen LogP contribution in [-0.2, 0) is 0 Å². The standard InChI is InChI=1S/C17H10Cl3F3N2O4/c18-16(19,20)17(28-11-3-1-2-4-12(11)29-17)25-14(15(21,22)23)24-9-5-6-10-13(7-9)27-8-26-10/h1-7H,8H2,(H,24,25)/p+1. The molecule has 2 aliphatic rings. The maximum atomic E-state index is 13.8. The maximum Gasteiger partial charge on any atom is 0.494 e. The van der Waals surface area contributed by atoms with Crippen LogP contribution in [0.5, 0.6) is 23.0 Å². The van der Waals surface area contributed by atoms with E-state index in [4.69, 9.17) is 53.8 Å². The van der Waals surface area contributed by atoms with Crippen LogP contribution in [0, 0.1) is 0 Å². The minimum atomic E-state index is -4.90. The highest BCUT2D eigenvalue weighted by Crippen LogP contribution is 2.46. The third-order valence-corrected chi connectivity index (χ3v) is 4.69. The summed E-state index contributed by atoms with van der Waals surface area (Å²) in [5, 5.41) is 2.21. The van der Waals surface area contributed by atoms with Gasteiger partial charge in [0.15, 0.2) is 23.0 Å². The Morgan fingerprint density at radius 3 is 2.14 bits per heavy atom. The number of hydrogen-bond acceptors (Lipinski definition) is 4. The van der Waals surface area contributed by atoms with Crippen molar-refractivity contribution in [2.75, 3.05) is 12.1 Å². The lowest BCUT2D eigenvalue weighted by Gasteiger charge is -2.27. The molecule has 0 atom stereocenters. The predicted molar refractivity (Wildman–Crippen MR) is 98.9 cm³/mol. The fraction of sp³-hybridized carbons (Fsp3) is 0.235. The van der Waals surface area contributed by atoms with Gasteiger partial charge >= 0.3 is 21.7 Å². The Morgan fingerprint density at radius 1 is 0.931 bits per heavy atom. The van der Waals surface area contributed by atoms with E-state index in [0.29, 0.717) is 5.75 Å². The third-order valence-electron chi connectivity index (χ3n) is 3.94. The van der Waals surface area contributed by atoms with E-state index < -0.39 is 21.7 Å². The minimum Gasteiger partial charge on any atom is -0.454 e. The highest BCUT2D eigenvalue weighted by Gasteiger charge is 2.63. The summed E-state index contributed by atoms with van der Waals surface area (Å²) in [6, 6.07) is 10.3. The molecule has 0 fully saturated rings. The van der Waals surface area contributed by atoms with Crippen molar-refractivity contribution in [3.63, 3.8) is 0 Å². The summed E-state index contributed by atoms with van der Waals surface area (Å²) in [5.74, 6) is -2.95. The molecule has 29 heavy (non-hydrogen) atoms. The van der Waals surface area contributed by atoms with Crippen molar-refractivity contribution < 1.29 is 37.1 Å². The number of para-hydroxylation sites is 2. The van der Waals surface area contributed by atoms with Crippen molar-refractivity contribution in [1.29, 1.82) is 0 Å². The van der Waals surface area contributed by atoms with Crippen molar-refractivity contribution in [1.82, 2.24) is 0 Å². The van der Waals surface area contributed by atoms with Gasteiger partial charge in [0.2, 0.25) is 6.79 Å². The average Bonchev–Trinajstić information content (AvgIpc) is 3.23. The van der Waals surface area contributed by atoms with Crippen LogP contribution >= 0.6 is 34.8 Å². The SMILES string of the molecule is FC(F)(F)C(Nc1ccc2c(c1)OCO2)=[NH+]C1(C(Cl)(Cl)Cl)Oc2ccccc2O1. The summed E-state index contributed by atoms with van der Waals surface area (Å²) >= 11 is 17.8. The fourth-order valence-corrected chi connectivity index (χ4v) is 3.02. The fourth-order valence-electron chi connectivity index (χ4n) is 2.64. The molecule has 0 unspecified atom stereocenters. The first-order valence-electron chi connectivity index (χ1n) is 8.00. The van der Waals surface area contributed by atoms with Gasteiger partial charge in [0.05, 0.1) is 0 Å². The number of ether oxygens (including phenoxy) is 4. The molecule has 2 N–H and O–H groups in total. The van der Waals surface area contributed by atoms with Crippen molar-refractivity contribution in [3.05, 3.63) is 42.5 Å². The largest absolute Gasteiger partial charge is 0.494 e. The van der Waals surface area contributed by atoms with Gasteiger partial charge in [0.25, 0.3) is 0 Å². The van der Waals surface area contributed by atoms with E-state index in [1.807, 2.05) is 4.99 Å². The molecule has 0 saturated heterocycles. The average molecular weight is 471 g/mol. The Morgan fingerprint density at radius 2 is 1.55 bits per heavy atom. The molecule has 0 saturated carbocycles. The lowest BCUT2D eigenvalue weighted by atomic mass is 10.2. The molecule has 2 aliphatic heterocycles. The van der Waals surface area contributed by atoms with Gasteiger partial charge in [-0.1, -0.05) is 46.9 Å². The zero-order chi connectivity index (χ0) is 20.9. The van der Waals surface area contributed by atoms with Crippen molar-refractivity contribution in [3.8, 4) is 23.0 Å². The van der Waals surface area contributed by atoms with Gasteiger partial charge in [-0.25, -0.2) is 5.32 Å². The molecular formula is C17H11Cl3F3N2O4+. The molecule has 0 amide bonds. The monoisotopic (exact) mass is 469 g/mol. The molecule has 0 aromatic heterocycles. The third kappa shape index (κ3) is 3.82. The number of halogens is 6. The second kappa shape index (κ2) is 6.93. The molecule has 0 bridgehead atoms. The number of anilines is 1. The molecule has 12 heteroatoms. The minimum absolute atomic E-state index is 0.0246. The Labute approximate surface area is 177 Å². The van der Waals surface area contributed by atoms with E-state index in [1.54, 1.807) is 12.1 Å². The summed E-state index contributed by atoms with van der Waals surface area (Å²) in [7, 11) is 0. The number of fused-ring (bicyclic) bond motifs is 2. The van der Waals surface area contributed by atoms with E-state index in [-0.39, 0.29) is 29.7 Å². The molecule has 4 rings (SSSR count). The quantitative estimate of drug-likeness (QED) is 0.400. The molecule has 2 aromatic rings. The highest BCUT2D eigenvalue weighted by molar-refractivity contribution is 6.68. The van der Waals surface area contributed by atoms with Crippen LogP contribution in [-0.4, -0.2) is 28.5 Å². The summed E-state index contributed by atoms with van der Waals surface area (Å²) in [5.41, 5.74) is 0.0454. The predicted octanol–water partition coefficient (Wildman–Crippen LogP) is 3.36. The number of alkyl halides is 6. The zero-order valence-corrected chi connectivity index (χ0v) is 16.4. The van der Waals surface area contributed by atoms with Crippen LogP contribution < -0.4 is 29.3 Å². The first-order valence-corrected chi connectivity index (χ1v) is 9.14. The number of benzene rings is 2. The van der Waals surface area contributed by atoms with Crippen LogP contribution in [0.15, 0.2) is 42.5 Å². The molecule has 2 heterocycles. The number of amidine groups is 1. The Kier molecular flexibility index (Phi) is 4.79. The van der Waals surface area contributed by atoms with E-state index in [9.17, 15) is 13.2 Å². The highest BCUT2D eigenvalue weighted by atomic mass is 35.6. The van der Waals surface area contributed by atoms with E-state index in [0.717, 1.165) is 0 Å².